The summed E-state index contributed by atoms with van der Waals surface area (Å²) >= 11 is 0. The number of hydrogen-bond donors (Lipinski definition) is 1. The van der Waals surface area contributed by atoms with Crippen molar-refractivity contribution in [3.63, 3.8) is 0 Å². The van der Waals surface area contributed by atoms with E-state index < -0.39 is 0 Å². The quantitative estimate of drug-likeness (QED) is 0.883. The first kappa shape index (κ1) is 12.8. The summed E-state index contributed by atoms with van der Waals surface area (Å²) in [5, 5.41) is 2.89. The zero-order valence-corrected chi connectivity index (χ0v) is 11.2. The van der Waals surface area contributed by atoms with Gasteiger partial charge in [0.25, 0.3) is 0 Å². The lowest BCUT2D eigenvalue weighted by atomic mass is 10.1. The Kier molecular flexibility index (Phi) is 3.81. The van der Waals surface area contributed by atoms with Crippen molar-refractivity contribution in [3.8, 4) is 0 Å². The number of pyridine rings is 1. The number of carbonyl (C=O) groups excluding carboxylic acids is 1. The van der Waals surface area contributed by atoms with Gasteiger partial charge in [-0.1, -0.05) is 6.92 Å². The summed E-state index contributed by atoms with van der Waals surface area (Å²) in [5.41, 5.74) is 1.99. The molecule has 1 aromatic heterocycles. The molecule has 0 saturated heterocycles. The van der Waals surface area contributed by atoms with Gasteiger partial charge in [-0.05, 0) is 19.5 Å². The van der Waals surface area contributed by atoms with Gasteiger partial charge < -0.3 is 10.2 Å². The summed E-state index contributed by atoms with van der Waals surface area (Å²) in [6.07, 6.45) is 1.76. The molecule has 0 saturated carbocycles. The molecule has 1 aliphatic heterocycles. The third-order valence-electron chi connectivity index (χ3n) is 3.22. The number of rotatable bonds is 3. The molecule has 2 rings (SSSR count). The van der Waals surface area contributed by atoms with Gasteiger partial charge in [0.1, 0.15) is 5.82 Å². The Bertz CT molecular complexity index is 447. The summed E-state index contributed by atoms with van der Waals surface area (Å²) in [7, 11) is 0. The number of carbonyl (C=O) groups is 1. The maximum Gasteiger partial charge on any atom is 0.221 e. The zero-order chi connectivity index (χ0) is 13.1. The molecule has 2 heterocycles. The summed E-state index contributed by atoms with van der Waals surface area (Å²) in [4.78, 5) is 20.3. The normalized spacial score (nSPS) is 15.4. The topological polar surface area (TPSA) is 48.5 Å². The molecular weight excluding hydrogens is 228 g/mol. The van der Waals surface area contributed by atoms with Crippen molar-refractivity contribution < 1.29 is 4.79 Å². The van der Waals surface area contributed by atoms with Crippen LogP contribution in [0.5, 0.6) is 0 Å². The second-order valence-corrected chi connectivity index (χ2v) is 4.48. The smallest absolute Gasteiger partial charge is 0.221 e. The van der Waals surface area contributed by atoms with Crippen molar-refractivity contribution in [1.29, 1.82) is 0 Å². The molecule has 0 bridgehead atoms. The third-order valence-corrected chi connectivity index (χ3v) is 3.22. The van der Waals surface area contributed by atoms with Crippen molar-refractivity contribution in [3.05, 3.63) is 17.8 Å². The van der Waals surface area contributed by atoms with Gasteiger partial charge in [-0.15, -0.1) is 0 Å². The van der Waals surface area contributed by atoms with Crippen molar-refractivity contribution in [2.24, 2.45) is 0 Å². The van der Waals surface area contributed by atoms with Gasteiger partial charge >= 0.3 is 0 Å². The van der Waals surface area contributed by atoms with Crippen molar-refractivity contribution in [2.75, 3.05) is 30.0 Å². The number of nitrogens with zero attached hydrogens (tertiary/aromatic N) is 3. The van der Waals surface area contributed by atoms with E-state index in [1.165, 1.54) is 6.92 Å². The monoisotopic (exact) mass is 248 g/mol. The van der Waals surface area contributed by atoms with Gasteiger partial charge in [-0.2, -0.15) is 0 Å². The van der Waals surface area contributed by atoms with Crippen molar-refractivity contribution in [2.45, 2.75) is 27.3 Å². The standard InChI is InChI=1S/C13H20N4O/c1-4-16-8-11-12(15-10(3)18)6-7-14-13(11)17(5-2)9-16/h6-7H,4-5,8-9H2,1-3H3,(H,14,15,18). The van der Waals surface area contributed by atoms with Crippen LogP contribution in [0.25, 0.3) is 0 Å². The van der Waals surface area contributed by atoms with Crippen LogP contribution >= 0.6 is 0 Å². The Morgan fingerprint density at radius 1 is 1.44 bits per heavy atom. The first-order valence-corrected chi connectivity index (χ1v) is 6.38. The Morgan fingerprint density at radius 3 is 2.83 bits per heavy atom. The Morgan fingerprint density at radius 2 is 2.22 bits per heavy atom. The predicted molar refractivity (Wildman–Crippen MR) is 72.5 cm³/mol. The lowest BCUT2D eigenvalue weighted by Gasteiger charge is -2.37. The summed E-state index contributed by atoms with van der Waals surface area (Å²) in [6.45, 7) is 9.44. The molecule has 0 spiro atoms. The molecule has 5 nitrogen and oxygen atoms in total. The lowest BCUT2D eigenvalue weighted by Crippen LogP contribution is -2.43. The molecule has 0 radical (unpaired) electrons. The minimum absolute atomic E-state index is 0.0416. The number of fused-ring (bicyclic) bond motifs is 1. The van der Waals surface area contributed by atoms with Gasteiger partial charge in [-0.3, -0.25) is 9.69 Å². The second kappa shape index (κ2) is 5.35. The van der Waals surface area contributed by atoms with E-state index in [9.17, 15) is 4.79 Å². The molecule has 1 N–H and O–H groups in total. The Balaban J connectivity index is 2.39. The molecule has 1 aromatic rings. The molecule has 1 amide bonds. The van der Waals surface area contributed by atoms with E-state index in [0.717, 1.165) is 43.4 Å². The fourth-order valence-corrected chi connectivity index (χ4v) is 2.26. The highest BCUT2D eigenvalue weighted by Gasteiger charge is 2.24. The van der Waals surface area contributed by atoms with Gasteiger partial charge in [0, 0.05) is 31.8 Å². The van der Waals surface area contributed by atoms with Crippen LogP contribution in [0.3, 0.4) is 0 Å². The third kappa shape index (κ3) is 2.46. The second-order valence-electron chi connectivity index (χ2n) is 4.48. The molecule has 0 atom stereocenters. The van der Waals surface area contributed by atoms with Crippen LogP contribution in [0.2, 0.25) is 0 Å². The van der Waals surface area contributed by atoms with E-state index in [-0.39, 0.29) is 5.91 Å². The largest absolute Gasteiger partial charge is 0.344 e. The minimum Gasteiger partial charge on any atom is -0.344 e. The van der Waals surface area contributed by atoms with Crippen LogP contribution in [-0.4, -0.2) is 35.5 Å². The fraction of sp³-hybridized carbons (Fsp3) is 0.538. The molecule has 0 unspecified atom stereocenters. The number of nitrogens with one attached hydrogen (secondary N) is 1. The highest BCUT2D eigenvalue weighted by molar-refractivity contribution is 5.90. The van der Waals surface area contributed by atoms with Gasteiger partial charge in [-0.25, -0.2) is 4.98 Å². The van der Waals surface area contributed by atoms with E-state index in [0.29, 0.717) is 0 Å². The lowest BCUT2D eigenvalue weighted by molar-refractivity contribution is -0.114. The molecule has 5 heteroatoms. The Labute approximate surface area is 108 Å². The number of hydrogen-bond acceptors (Lipinski definition) is 4. The first-order valence-electron chi connectivity index (χ1n) is 6.38. The highest BCUT2D eigenvalue weighted by Crippen LogP contribution is 2.30. The van der Waals surface area contributed by atoms with Crippen LogP contribution in [-0.2, 0) is 11.3 Å². The number of amides is 1. The van der Waals surface area contributed by atoms with Gasteiger partial charge in [0.2, 0.25) is 5.91 Å². The van der Waals surface area contributed by atoms with Crippen LogP contribution in [0.15, 0.2) is 12.3 Å². The summed E-state index contributed by atoms with van der Waals surface area (Å²) in [5.74, 6) is 0.952. The van der Waals surface area contributed by atoms with E-state index >= 15 is 0 Å². The highest BCUT2D eigenvalue weighted by atomic mass is 16.1. The van der Waals surface area contributed by atoms with Gasteiger partial charge in [0.15, 0.2) is 0 Å². The molecular formula is C13H20N4O. The summed E-state index contributed by atoms with van der Waals surface area (Å²) < 4.78 is 0. The van der Waals surface area contributed by atoms with E-state index in [1.807, 2.05) is 6.07 Å². The van der Waals surface area contributed by atoms with Crippen LogP contribution < -0.4 is 10.2 Å². The molecule has 98 valence electrons. The first-order chi connectivity index (χ1) is 8.65. The Hall–Kier alpha value is -1.62. The minimum atomic E-state index is -0.0416. The molecule has 0 fully saturated rings. The van der Waals surface area contributed by atoms with E-state index in [1.54, 1.807) is 6.20 Å². The van der Waals surface area contributed by atoms with Crippen LogP contribution in [0.1, 0.15) is 26.3 Å². The maximum absolute atomic E-state index is 11.2. The predicted octanol–water partition coefficient (Wildman–Crippen LogP) is 1.66. The number of aromatic nitrogens is 1. The average molecular weight is 248 g/mol. The van der Waals surface area contributed by atoms with Crippen molar-refractivity contribution in [1.82, 2.24) is 9.88 Å². The molecule has 0 aliphatic carbocycles. The number of anilines is 2. The zero-order valence-electron chi connectivity index (χ0n) is 11.2. The SMILES string of the molecule is CCN1Cc2c(NC(C)=O)ccnc2N(CC)C1. The van der Waals surface area contributed by atoms with Crippen molar-refractivity contribution >= 4 is 17.4 Å². The van der Waals surface area contributed by atoms with Crippen LogP contribution in [0.4, 0.5) is 11.5 Å². The fourth-order valence-electron chi connectivity index (χ4n) is 2.26. The summed E-state index contributed by atoms with van der Waals surface area (Å²) in [6, 6.07) is 1.87. The molecule has 18 heavy (non-hydrogen) atoms. The van der Waals surface area contributed by atoms with E-state index in [2.05, 4.69) is 33.9 Å². The molecule has 0 aromatic carbocycles. The average Bonchev–Trinajstić information content (AvgIpc) is 2.37. The van der Waals surface area contributed by atoms with Crippen LogP contribution in [0, 0.1) is 0 Å². The van der Waals surface area contributed by atoms with Gasteiger partial charge in [0.05, 0.1) is 12.4 Å². The molecule has 1 aliphatic rings. The van der Waals surface area contributed by atoms with E-state index in [4.69, 9.17) is 0 Å². The maximum atomic E-state index is 11.2.